The summed E-state index contributed by atoms with van der Waals surface area (Å²) in [6.07, 6.45) is 3.83. The van der Waals surface area contributed by atoms with Crippen molar-refractivity contribution in [3.8, 4) is 0 Å². The SMILES string of the molecule is CCc1ccc(NC(=O)C2=C(C(C)C)CCC(C)C2)c(C(C)=O)c1. The van der Waals surface area contributed by atoms with Crippen LogP contribution in [0.1, 0.15) is 69.8 Å². The minimum atomic E-state index is -0.0444. The molecule has 1 amide bonds. The highest BCUT2D eigenvalue weighted by Crippen LogP contribution is 2.34. The van der Waals surface area contributed by atoms with Crippen molar-refractivity contribution in [2.24, 2.45) is 11.8 Å². The number of ketones is 1. The van der Waals surface area contributed by atoms with E-state index < -0.39 is 0 Å². The molecule has 1 atom stereocenters. The average molecular weight is 327 g/mol. The Kier molecular flexibility index (Phi) is 5.98. The van der Waals surface area contributed by atoms with Crippen molar-refractivity contribution in [1.29, 1.82) is 0 Å². The standard InChI is InChI=1S/C21H29NO2/c1-6-16-8-10-20(18(12-16)15(5)23)22-21(24)19-11-14(4)7-9-17(19)13(2)3/h8,10,12-14H,6-7,9,11H2,1-5H3,(H,22,24). The molecule has 0 fully saturated rings. The van der Waals surface area contributed by atoms with E-state index in [2.05, 4.69) is 33.0 Å². The molecule has 3 heteroatoms. The number of hydrogen-bond acceptors (Lipinski definition) is 2. The van der Waals surface area contributed by atoms with Crippen molar-refractivity contribution in [2.45, 2.75) is 60.3 Å². The van der Waals surface area contributed by atoms with Gasteiger partial charge in [-0.15, -0.1) is 0 Å². The Bertz CT molecular complexity index is 670. The lowest BCUT2D eigenvalue weighted by Crippen LogP contribution is -2.23. The molecule has 0 bridgehead atoms. The Morgan fingerprint density at radius 1 is 1.29 bits per heavy atom. The first-order valence-electron chi connectivity index (χ1n) is 9.00. The number of anilines is 1. The van der Waals surface area contributed by atoms with Crippen molar-refractivity contribution >= 4 is 17.4 Å². The molecule has 1 aromatic carbocycles. The van der Waals surface area contributed by atoms with Crippen LogP contribution in [0.4, 0.5) is 5.69 Å². The summed E-state index contributed by atoms with van der Waals surface area (Å²) < 4.78 is 0. The molecule has 3 nitrogen and oxygen atoms in total. The van der Waals surface area contributed by atoms with E-state index in [1.165, 1.54) is 5.57 Å². The molecule has 0 saturated heterocycles. The summed E-state index contributed by atoms with van der Waals surface area (Å²) in [4.78, 5) is 24.8. The van der Waals surface area contributed by atoms with Crippen LogP contribution >= 0.6 is 0 Å². The number of aryl methyl sites for hydroxylation is 1. The van der Waals surface area contributed by atoms with Gasteiger partial charge >= 0.3 is 0 Å². The first kappa shape index (κ1) is 18.4. The van der Waals surface area contributed by atoms with Crippen LogP contribution in [0.5, 0.6) is 0 Å². The Hall–Kier alpha value is -1.90. The monoisotopic (exact) mass is 327 g/mol. The number of benzene rings is 1. The Morgan fingerprint density at radius 2 is 2.00 bits per heavy atom. The van der Waals surface area contributed by atoms with Gasteiger partial charge in [-0.05, 0) is 62.1 Å². The quantitative estimate of drug-likeness (QED) is 0.759. The van der Waals surface area contributed by atoms with Gasteiger partial charge < -0.3 is 5.32 Å². The molecule has 1 unspecified atom stereocenters. The van der Waals surface area contributed by atoms with Gasteiger partial charge in [0.2, 0.25) is 0 Å². The van der Waals surface area contributed by atoms with E-state index in [4.69, 9.17) is 0 Å². The molecule has 0 spiro atoms. The topological polar surface area (TPSA) is 46.2 Å². The maximum atomic E-state index is 12.9. The number of carbonyl (C=O) groups excluding carboxylic acids is 2. The third-order valence-electron chi connectivity index (χ3n) is 4.94. The van der Waals surface area contributed by atoms with E-state index in [0.29, 0.717) is 23.1 Å². The van der Waals surface area contributed by atoms with Gasteiger partial charge in [0.15, 0.2) is 5.78 Å². The number of hydrogen-bond donors (Lipinski definition) is 1. The largest absolute Gasteiger partial charge is 0.322 e. The minimum absolute atomic E-state index is 0.0179. The fraction of sp³-hybridized carbons (Fsp3) is 0.524. The number of amides is 1. The van der Waals surface area contributed by atoms with E-state index in [9.17, 15) is 9.59 Å². The normalized spacial score (nSPS) is 18.0. The van der Waals surface area contributed by atoms with E-state index in [1.54, 1.807) is 6.92 Å². The van der Waals surface area contributed by atoms with Crippen LogP contribution in [0.2, 0.25) is 0 Å². The number of rotatable bonds is 5. The molecule has 24 heavy (non-hydrogen) atoms. The molecule has 1 aliphatic rings. The number of Topliss-reactive ketones (excluding diaryl/α,β-unsaturated/α-hetero) is 1. The van der Waals surface area contributed by atoms with Crippen LogP contribution in [0.15, 0.2) is 29.3 Å². The summed E-state index contributed by atoms with van der Waals surface area (Å²) in [5, 5.41) is 3.00. The van der Waals surface area contributed by atoms with Crippen LogP contribution in [0, 0.1) is 11.8 Å². The van der Waals surface area contributed by atoms with Crippen LogP contribution < -0.4 is 5.32 Å². The predicted octanol–water partition coefficient (Wildman–Crippen LogP) is 5.16. The van der Waals surface area contributed by atoms with Gasteiger partial charge in [-0.1, -0.05) is 39.3 Å². The summed E-state index contributed by atoms with van der Waals surface area (Å²) in [6, 6.07) is 5.72. The zero-order valence-corrected chi connectivity index (χ0v) is 15.5. The second kappa shape index (κ2) is 7.78. The highest BCUT2D eigenvalue weighted by molar-refractivity contribution is 6.09. The Morgan fingerprint density at radius 3 is 2.58 bits per heavy atom. The van der Waals surface area contributed by atoms with Gasteiger partial charge in [-0.25, -0.2) is 0 Å². The molecule has 130 valence electrons. The van der Waals surface area contributed by atoms with Crippen molar-refractivity contribution in [3.63, 3.8) is 0 Å². The lowest BCUT2D eigenvalue weighted by molar-refractivity contribution is -0.113. The van der Waals surface area contributed by atoms with Gasteiger partial charge in [0, 0.05) is 11.1 Å². The molecule has 1 N–H and O–H groups in total. The lowest BCUT2D eigenvalue weighted by Gasteiger charge is -2.27. The van der Waals surface area contributed by atoms with E-state index in [1.807, 2.05) is 18.2 Å². The predicted molar refractivity (Wildman–Crippen MR) is 99.3 cm³/mol. The van der Waals surface area contributed by atoms with Crippen LogP contribution in [0.3, 0.4) is 0 Å². The summed E-state index contributed by atoms with van der Waals surface area (Å²) in [5.41, 5.74) is 4.50. The fourth-order valence-corrected chi connectivity index (χ4v) is 3.42. The van der Waals surface area contributed by atoms with Gasteiger partial charge in [-0.2, -0.15) is 0 Å². The van der Waals surface area contributed by atoms with Crippen molar-refractivity contribution in [3.05, 3.63) is 40.5 Å². The first-order chi connectivity index (χ1) is 11.3. The molecular weight excluding hydrogens is 298 g/mol. The maximum absolute atomic E-state index is 12.9. The smallest absolute Gasteiger partial charge is 0.251 e. The lowest BCUT2D eigenvalue weighted by atomic mass is 9.80. The van der Waals surface area contributed by atoms with E-state index >= 15 is 0 Å². The van der Waals surface area contributed by atoms with E-state index in [0.717, 1.165) is 36.8 Å². The number of carbonyl (C=O) groups is 2. The average Bonchev–Trinajstić information content (AvgIpc) is 2.54. The zero-order chi connectivity index (χ0) is 17.9. The molecule has 2 rings (SSSR count). The van der Waals surface area contributed by atoms with Crippen molar-refractivity contribution in [2.75, 3.05) is 5.32 Å². The molecule has 0 heterocycles. The van der Waals surface area contributed by atoms with Gasteiger partial charge in [0.1, 0.15) is 0 Å². The first-order valence-corrected chi connectivity index (χ1v) is 9.00. The van der Waals surface area contributed by atoms with E-state index in [-0.39, 0.29) is 11.7 Å². The van der Waals surface area contributed by atoms with Crippen LogP contribution in [0.25, 0.3) is 0 Å². The second-order valence-corrected chi connectivity index (χ2v) is 7.25. The van der Waals surface area contributed by atoms with Crippen LogP contribution in [-0.2, 0) is 11.2 Å². The molecule has 0 aliphatic heterocycles. The summed E-state index contributed by atoms with van der Waals surface area (Å²) >= 11 is 0. The molecule has 0 saturated carbocycles. The summed E-state index contributed by atoms with van der Waals surface area (Å²) in [5.74, 6) is 0.851. The highest BCUT2D eigenvalue weighted by atomic mass is 16.2. The Balaban J connectivity index is 2.33. The number of nitrogens with one attached hydrogen (secondary N) is 1. The summed E-state index contributed by atoms with van der Waals surface area (Å²) in [7, 11) is 0. The van der Waals surface area contributed by atoms with Crippen molar-refractivity contribution < 1.29 is 9.59 Å². The zero-order valence-electron chi connectivity index (χ0n) is 15.5. The minimum Gasteiger partial charge on any atom is -0.322 e. The maximum Gasteiger partial charge on any atom is 0.251 e. The third kappa shape index (κ3) is 4.14. The van der Waals surface area contributed by atoms with Crippen molar-refractivity contribution in [1.82, 2.24) is 0 Å². The molecule has 0 aromatic heterocycles. The molecule has 1 aromatic rings. The second-order valence-electron chi connectivity index (χ2n) is 7.25. The fourth-order valence-electron chi connectivity index (χ4n) is 3.42. The number of allylic oxidation sites excluding steroid dienone is 1. The van der Waals surface area contributed by atoms with Gasteiger partial charge in [0.05, 0.1) is 5.69 Å². The third-order valence-corrected chi connectivity index (χ3v) is 4.94. The Labute approximate surface area is 145 Å². The van der Waals surface area contributed by atoms with Gasteiger partial charge in [-0.3, -0.25) is 9.59 Å². The molecular formula is C21H29NO2. The van der Waals surface area contributed by atoms with Crippen LogP contribution in [-0.4, -0.2) is 11.7 Å². The molecule has 0 radical (unpaired) electrons. The molecule has 1 aliphatic carbocycles. The summed E-state index contributed by atoms with van der Waals surface area (Å²) in [6.45, 7) is 10.1. The highest BCUT2D eigenvalue weighted by Gasteiger charge is 2.25. The van der Waals surface area contributed by atoms with Gasteiger partial charge in [0.25, 0.3) is 5.91 Å².